The molecule has 11 heteroatoms. The highest BCUT2D eigenvalue weighted by Crippen LogP contribution is 2.37. The molecular formula is C34H37F2N7O2. The summed E-state index contributed by atoms with van der Waals surface area (Å²) < 4.78 is 33.0. The highest BCUT2D eigenvalue weighted by atomic mass is 19.1. The van der Waals surface area contributed by atoms with E-state index < -0.39 is 17.3 Å². The van der Waals surface area contributed by atoms with Crippen LogP contribution in [-0.2, 0) is 4.79 Å². The fourth-order valence-electron chi connectivity index (χ4n) is 6.05. The molecule has 1 fully saturated rings. The molecule has 5 rings (SSSR count). The number of carbonyl (C=O) groups is 1. The molecule has 45 heavy (non-hydrogen) atoms. The summed E-state index contributed by atoms with van der Waals surface area (Å²) in [5.74, 6) is -1.58. The molecule has 2 aromatic heterocycles. The zero-order valence-electron chi connectivity index (χ0n) is 26.1. The number of hydrogen-bond donors (Lipinski definition) is 1. The zero-order valence-corrected chi connectivity index (χ0v) is 26.1. The number of hydrogen-bond acceptors (Lipinski definition) is 7. The average molecular weight is 614 g/mol. The van der Waals surface area contributed by atoms with Gasteiger partial charge in [0.05, 0.1) is 22.3 Å². The number of fused-ring (bicyclic) bond motifs is 3. The van der Waals surface area contributed by atoms with Crippen LogP contribution < -0.4 is 15.9 Å². The summed E-state index contributed by atoms with van der Waals surface area (Å²) in [4.78, 5) is 44.0. The number of halogens is 2. The second-order valence-electron chi connectivity index (χ2n) is 11.5. The maximum atomic E-state index is 16.2. The lowest BCUT2D eigenvalue weighted by Gasteiger charge is -2.44. The van der Waals surface area contributed by atoms with Gasteiger partial charge in [0.25, 0.3) is 0 Å². The van der Waals surface area contributed by atoms with Gasteiger partial charge in [-0.3, -0.25) is 9.79 Å². The Kier molecular flexibility index (Phi) is 8.81. The first-order valence-corrected chi connectivity index (χ1v) is 14.9. The van der Waals surface area contributed by atoms with Crippen LogP contribution in [0.5, 0.6) is 0 Å². The van der Waals surface area contributed by atoms with Gasteiger partial charge in [-0.05, 0) is 63.3 Å². The highest BCUT2D eigenvalue weighted by Gasteiger charge is 2.34. The lowest BCUT2D eigenvalue weighted by atomic mass is 10.0. The molecule has 2 bridgehead atoms. The van der Waals surface area contributed by atoms with Crippen LogP contribution in [-0.4, -0.2) is 63.8 Å². The molecule has 2 aliphatic rings. The Morgan fingerprint density at radius 2 is 1.91 bits per heavy atom. The maximum absolute atomic E-state index is 16.2. The third-order valence-corrected chi connectivity index (χ3v) is 8.24. The lowest BCUT2D eigenvalue weighted by molar-refractivity contribution is -0.128. The normalized spacial score (nSPS) is 21.2. The topological polar surface area (TPSA) is 95.7 Å². The van der Waals surface area contributed by atoms with E-state index in [-0.39, 0.29) is 52.0 Å². The maximum Gasteiger partial charge on any atom is 0.355 e. The Morgan fingerprint density at radius 1 is 1.16 bits per heavy atom. The van der Waals surface area contributed by atoms with Gasteiger partial charge in [0.2, 0.25) is 5.91 Å². The van der Waals surface area contributed by atoms with Crippen molar-refractivity contribution in [3.05, 3.63) is 88.5 Å². The number of amides is 1. The van der Waals surface area contributed by atoms with Crippen molar-refractivity contribution in [2.45, 2.75) is 46.7 Å². The van der Waals surface area contributed by atoms with E-state index in [9.17, 15) is 9.59 Å². The van der Waals surface area contributed by atoms with Crippen LogP contribution in [0.15, 0.2) is 76.2 Å². The van der Waals surface area contributed by atoms with E-state index in [1.807, 2.05) is 57.7 Å². The van der Waals surface area contributed by atoms with Gasteiger partial charge in [0.15, 0.2) is 11.5 Å². The van der Waals surface area contributed by atoms with Gasteiger partial charge in [-0.2, -0.15) is 4.98 Å². The quantitative estimate of drug-likeness (QED) is 0.295. The van der Waals surface area contributed by atoms with Gasteiger partial charge >= 0.3 is 5.69 Å². The van der Waals surface area contributed by atoms with Crippen LogP contribution >= 0.6 is 0 Å². The second kappa shape index (κ2) is 12.6. The number of nitrogens with one attached hydrogen (secondary N) is 1. The van der Waals surface area contributed by atoms with Crippen molar-refractivity contribution in [2.75, 3.05) is 29.9 Å². The standard InChI is InChI=1S/C34H37F2N7O2/c1-8-22-12-11-15-38-26-14-10-13-24(35)28(26)30-25(36)16-23-32(42-18-20(5)41(17-21(42)6)27(44)9-2)40-34(45)43(33(23)39-30)31(22)29(37-7)19(3)4/h8-14,16,19-21,38H,2,7,15,17-18H2,1,3-6H3/b12-11+,22-8-,31-29+/t20-,21+/m1/s1. The molecule has 1 aromatic carbocycles. The number of allylic oxidation sites excluding steroid dienone is 5. The Bertz CT molecular complexity index is 1860. The van der Waals surface area contributed by atoms with Gasteiger partial charge < -0.3 is 15.1 Å². The van der Waals surface area contributed by atoms with E-state index in [2.05, 4.69) is 28.6 Å². The van der Waals surface area contributed by atoms with Crippen LogP contribution in [0, 0.1) is 17.6 Å². The molecule has 1 amide bonds. The summed E-state index contributed by atoms with van der Waals surface area (Å²) in [7, 11) is 0. The van der Waals surface area contributed by atoms with Crippen molar-refractivity contribution >= 4 is 40.9 Å². The van der Waals surface area contributed by atoms with Crippen molar-refractivity contribution < 1.29 is 13.6 Å². The van der Waals surface area contributed by atoms with Crippen molar-refractivity contribution in [2.24, 2.45) is 10.9 Å². The Hall–Kier alpha value is -4.93. The molecular weight excluding hydrogens is 576 g/mol. The number of aromatic nitrogens is 3. The summed E-state index contributed by atoms with van der Waals surface area (Å²) in [6.45, 7) is 17.8. The number of pyridine rings is 1. The minimum atomic E-state index is -0.777. The molecule has 0 unspecified atom stereocenters. The summed E-state index contributed by atoms with van der Waals surface area (Å²) in [5, 5.41) is 3.43. The number of benzene rings is 1. The number of nitrogens with zero attached hydrogens (tertiary/aromatic N) is 6. The van der Waals surface area contributed by atoms with E-state index in [4.69, 9.17) is 4.98 Å². The molecule has 0 radical (unpaired) electrons. The van der Waals surface area contributed by atoms with E-state index in [1.54, 1.807) is 11.0 Å². The lowest BCUT2D eigenvalue weighted by Crippen LogP contribution is -2.58. The molecule has 1 N–H and O–H groups in total. The first-order chi connectivity index (χ1) is 21.5. The van der Waals surface area contributed by atoms with Crippen molar-refractivity contribution in [1.82, 2.24) is 19.4 Å². The minimum absolute atomic E-state index is 0.0514. The number of rotatable bonds is 4. The first kappa shape index (κ1) is 31.5. The average Bonchev–Trinajstić information content (AvgIpc) is 3.00. The molecule has 0 saturated carbocycles. The molecule has 2 aliphatic heterocycles. The van der Waals surface area contributed by atoms with Crippen LogP contribution in [0.4, 0.5) is 20.3 Å². The largest absolute Gasteiger partial charge is 0.381 e. The first-order valence-electron chi connectivity index (χ1n) is 14.9. The number of anilines is 2. The SMILES string of the molecule is C=CC(=O)N1C[C@H](C)N(c2nc(=O)n3c4nc(c(F)cc24)-c2c(F)cccc2NC/C=C/C(=C/C)C/3=C(\N=C)C(C)C)C[C@H]1C. The number of piperazine rings is 1. The van der Waals surface area contributed by atoms with Gasteiger partial charge in [-0.25, -0.2) is 23.1 Å². The highest BCUT2D eigenvalue weighted by molar-refractivity contribution is 5.94. The van der Waals surface area contributed by atoms with E-state index in [0.29, 0.717) is 42.3 Å². The van der Waals surface area contributed by atoms with Crippen LogP contribution in [0.2, 0.25) is 0 Å². The number of aliphatic imine (C=N–C) groups is 1. The summed E-state index contributed by atoms with van der Waals surface area (Å²) in [6, 6.07) is 5.17. The molecule has 0 spiro atoms. The molecule has 3 aromatic rings. The Labute approximate surface area is 261 Å². The summed E-state index contributed by atoms with van der Waals surface area (Å²) in [6.07, 6.45) is 6.79. The van der Waals surface area contributed by atoms with Crippen LogP contribution in [0.25, 0.3) is 28.0 Å². The molecule has 9 nitrogen and oxygen atoms in total. The summed E-state index contributed by atoms with van der Waals surface area (Å²) >= 11 is 0. The second-order valence-corrected chi connectivity index (χ2v) is 11.5. The third-order valence-electron chi connectivity index (χ3n) is 8.24. The molecule has 2 atom stereocenters. The predicted molar refractivity (Wildman–Crippen MR) is 176 cm³/mol. The molecule has 234 valence electrons. The van der Waals surface area contributed by atoms with Crippen LogP contribution in [0.3, 0.4) is 0 Å². The van der Waals surface area contributed by atoms with Crippen molar-refractivity contribution in [1.29, 1.82) is 0 Å². The smallest absolute Gasteiger partial charge is 0.355 e. The minimum Gasteiger partial charge on any atom is -0.381 e. The van der Waals surface area contributed by atoms with Gasteiger partial charge in [0, 0.05) is 37.4 Å². The molecule has 0 aliphatic carbocycles. The van der Waals surface area contributed by atoms with E-state index in [0.717, 1.165) is 0 Å². The third kappa shape index (κ3) is 5.58. The Balaban J connectivity index is 1.92. The monoisotopic (exact) mass is 613 g/mol. The predicted octanol–water partition coefficient (Wildman–Crippen LogP) is 5.80. The van der Waals surface area contributed by atoms with Crippen LogP contribution in [0.1, 0.15) is 34.6 Å². The van der Waals surface area contributed by atoms with Crippen molar-refractivity contribution in [3.63, 3.8) is 0 Å². The number of carbonyl (C=O) groups excluding carboxylic acids is 1. The fourth-order valence-corrected chi connectivity index (χ4v) is 6.05. The molecule has 4 heterocycles. The van der Waals surface area contributed by atoms with E-state index in [1.165, 1.54) is 28.8 Å². The van der Waals surface area contributed by atoms with Crippen molar-refractivity contribution in [3.8, 4) is 11.3 Å². The van der Waals surface area contributed by atoms with E-state index >= 15 is 8.78 Å². The molecule has 1 saturated heterocycles. The van der Waals surface area contributed by atoms with Gasteiger partial charge in [-0.1, -0.05) is 44.7 Å². The zero-order chi connectivity index (χ0) is 32.6. The van der Waals surface area contributed by atoms with Gasteiger partial charge in [-0.15, -0.1) is 0 Å². The fraction of sp³-hybridized carbons (Fsp3) is 0.324. The Morgan fingerprint density at radius 3 is 2.58 bits per heavy atom. The summed E-state index contributed by atoms with van der Waals surface area (Å²) in [5.41, 5.74) is 1.03. The van der Waals surface area contributed by atoms with Gasteiger partial charge in [0.1, 0.15) is 17.3 Å².